The second-order valence-corrected chi connectivity index (χ2v) is 4.35. The van der Waals surface area contributed by atoms with E-state index in [1.165, 1.54) is 11.3 Å². The van der Waals surface area contributed by atoms with Gasteiger partial charge >= 0.3 is 0 Å². The van der Waals surface area contributed by atoms with Crippen LogP contribution in [0.15, 0.2) is 48.7 Å². The Morgan fingerprint density at radius 1 is 1.05 bits per heavy atom. The monoisotopic (exact) mass is 255 g/mol. The zero-order chi connectivity index (χ0) is 13.5. The summed E-state index contributed by atoms with van der Waals surface area (Å²) in [4.78, 5) is 6.81. The minimum atomic E-state index is 0.850. The Balaban J connectivity index is 2.33. The maximum atomic E-state index is 4.57. The first kappa shape index (κ1) is 13.6. The predicted octanol–water partition coefficient (Wildman–Crippen LogP) is 3.35. The van der Waals surface area contributed by atoms with Crippen molar-refractivity contribution in [3.63, 3.8) is 0 Å². The van der Waals surface area contributed by atoms with Gasteiger partial charge in [-0.05, 0) is 31.7 Å². The Kier molecular flexibility index (Phi) is 4.93. The molecular formula is C16H21N3. The molecule has 100 valence electrons. The van der Waals surface area contributed by atoms with Gasteiger partial charge in [0.05, 0.1) is 0 Å². The minimum Gasteiger partial charge on any atom is -0.326 e. The van der Waals surface area contributed by atoms with Crippen LogP contribution in [0.3, 0.4) is 0 Å². The fourth-order valence-corrected chi connectivity index (χ4v) is 2.13. The summed E-state index contributed by atoms with van der Waals surface area (Å²) >= 11 is 0. The number of aromatic nitrogens is 1. The number of benzene rings is 1. The van der Waals surface area contributed by atoms with Crippen LogP contribution >= 0.6 is 0 Å². The van der Waals surface area contributed by atoms with E-state index in [0.29, 0.717) is 0 Å². The average Bonchev–Trinajstić information content (AvgIpc) is 2.48. The smallest absolute Gasteiger partial charge is 0.137 e. The summed E-state index contributed by atoms with van der Waals surface area (Å²) in [6, 6.07) is 14.5. The highest BCUT2D eigenvalue weighted by Gasteiger charge is 2.12. The lowest BCUT2D eigenvalue weighted by Crippen LogP contribution is -2.21. The molecule has 0 saturated heterocycles. The van der Waals surface area contributed by atoms with Crippen molar-refractivity contribution in [2.24, 2.45) is 0 Å². The van der Waals surface area contributed by atoms with E-state index in [0.717, 1.165) is 25.5 Å². The van der Waals surface area contributed by atoms with E-state index in [1.807, 2.05) is 18.3 Å². The molecule has 2 aromatic rings. The van der Waals surface area contributed by atoms with Crippen LogP contribution in [-0.4, -0.2) is 18.1 Å². The van der Waals surface area contributed by atoms with E-state index >= 15 is 0 Å². The van der Waals surface area contributed by atoms with Gasteiger partial charge in [0.2, 0.25) is 0 Å². The first-order valence-electron chi connectivity index (χ1n) is 6.84. The van der Waals surface area contributed by atoms with E-state index in [-0.39, 0.29) is 0 Å². The average molecular weight is 255 g/mol. The molecule has 2 rings (SSSR count). The largest absolute Gasteiger partial charge is 0.326 e. The summed E-state index contributed by atoms with van der Waals surface area (Å²) in [6.45, 7) is 6.98. The number of rotatable bonds is 6. The quantitative estimate of drug-likeness (QED) is 0.858. The molecule has 1 N–H and O–H groups in total. The molecule has 0 atom stereocenters. The molecule has 0 spiro atoms. The van der Waals surface area contributed by atoms with Gasteiger partial charge in [-0.15, -0.1) is 0 Å². The molecule has 0 unspecified atom stereocenters. The normalized spacial score (nSPS) is 10.4. The molecule has 1 heterocycles. The van der Waals surface area contributed by atoms with Crippen molar-refractivity contribution in [1.82, 2.24) is 10.3 Å². The molecule has 1 aromatic heterocycles. The second-order valence-electron chi connectivity index (χ2n) is 4.35. The van der Waals surface area contributed by atoms with Crippen LogP contribution in [0.4, 0.5) is 11.5 Å². The van der Waals surface area contributed by atoms with Crippen molar-refractivity contribution >= 4 is 11.5 Å². The first-order chi connectivity index (χ1) is 9.36. The number of anilines is 2. The number of pyridine rings is 1. The molecule has 3 heteroatoms. The van der Waals surface area contributed by atoms with Gasteiger partial charge < -0.3 is 10.2 Å². The topological polar surface area (TPSA) is 28.2 Å². The lowest BCUT2D eigenvalue weighted by molar-refractivity contribution is 0.722. The molecule has 19 heavy (non-hydrogen) atoms. The first-order valence-corrected chi connectivity index (χ1v) is 6.84. The Morgan fingerprint density at radius 2 is 1.84 bits per heavy atom. The number of para-hydroxylation sites is 1. The SMILES string of the molecule is CCNCc1cccnc1N(CC)c1ccccc1. The van der Waals surface area contributed by atoms with E-state index < -0.39 is 0 Å². The Labute approximate surface area is 115 Å². The van der Waals surface area contributed by atoms with E-state index in [2.05, 4.69) is 59.4 Å². The van der Waals surface area contributed by atoms with Crippen molar-refractivity contribution in [1.29, 1.82) is 0 Å². The number of hydrogen-bond donors (Lipinski definition) is 1. The fourth-order valence-electron chi connectivity index (χ4n) is 2.13. The molecular weight excluding hydrogens is 234 g/mol. The van der Waals surface area contributed by atoms with Gasteiger partial charge in [0, 0.05) is 30.5 Å². The summed E-state index contributed by atoms with van der Waals surface area (Å²) in [5.74, 6) is 1.04. The third kappa shape index (κ3) is 3.32. The van der Waals surface area contributed by atoms with Crippen LogP contribution in [0.1, 0.15) is 19.4 Å². The van der Waals surface area contributed by atoms with Crippen molar-refractivity contribution in [3.05, 3.63) is 54.2 Å². The van der Waals surface area contributed by atoms with Crippen LogP contribution in [0.2, 0.25) is 0 Å². The van der Waals surface area contributed by atoms with Crippen molar-refractivity contribution in [2.75, 3.05) is 18.0 Å². The van der Waals surface area contributed by atoms with Gasteiger partial charge in [0.25, 0.3) is 0 Å². The van der Waals surface area contributed by atoms with Crippen LogP contribution in [0.25, 0.3) is 0 Å². The zero-order valence-corrected chi connectivity index (χ0v) is 11.6. The highest BCUT2D eigenvalue weighted by atomic mass is 15.2. The number of nitrogens with one attached hydrogen (secondary N) is 1. The third-order valence-corrected chi connectivity index (χ3v) is 3.07. The molecule has 0 aliphatic heterocycles. The van der Waals surface area contributed by atoms with E-state index in [9.17, 15) is 0 Å². The molecule has 0 saturated carbocycles. The summed E-state index contributed by atoms with van der Waals surface area (Å²) in [5.41, 5.74) is 2.41. The zero-order valence-electron chi connectivity index (χ0n) is 11.6. The van der Waals surface area contributed by atoms with Crippen molar-refractivity contribution in [3.8, 4) is 0 Å². The van der Waals surface area contributed by atoms with Gasteiger partial charge in [-0.3, -0.25) is 0 Å². The minimum absolute atomic E-state index is 0.850. The molecule has 1 aromatic carbocycles. The molecule has 0 aliphatic rings. The summed E-state index contributed by atoms with van der Waals surface area (Å²) in [5, 5.41) is 3.37. The molecule has 0 fully saturated rings. The standard InChI is InChI=1S/C16H21N3/c1-3-17-13-14-9-8-12-18-16(14)19(4-2)15-10-6-5-7-11-15/h5-12,17H,3-4,13H2,1-2H3. The third-order valence-electron chi connectivity index (χ3n) is 3.07. The van der Waals surface area contributed by atoms with Crippen LogP contribution in [0, 0.1) is 0 Å². The molecule has 0 radical (unpaired) electrons. The summed E-state index contributed by atoms with van der Waals surface area (Å²) < 4.78 is 0. The number of nitrogens with zero attached hydrogens (tertiary/aromatic N) is 2. The summed E-state index contributed by atoms with van der Waals surface area (Å²) in [6.07, 6.45) is 1.86. The van der Waals surface area contributed by atoms with E-state index in [4.69, 9.17) is 0 Å². The van der Waals surface area contributed by atoms with Gasteiger partial charge in [-0.1, -0.05) is 31.2 Å². The molecule has 3 nitrogen and oxygen atoms in total. The maximum absolute atomic E-state index is 4.57. The van der Waals surface area contributed by atoms with Crippen LogP contribution in [0.5, 0.6) is 0 Å². The Morgan fingerprint density at radius 3 is 2.53 bits per heavy atom. The maximum Gasteiger partial charge on any atom is 0.137 e. The van der Waals surface area contributed by atoms with Crippen molar-refractivity contribution in [2.45, 2.75) is 20.4 Å². The molecule has 0 bridgehead atoms. The molecule has 0 aliphatic carbocycles. The van der Waals surface area contributed by atoms with Gasteiger partial charge in [0.1, 0.15) is 5.82 Å². The predicted molar refractivity (Wildman–Crippen MR) is 80.7 cm³/mol. The number of hydrogen-bond acceptors (Lipinski definition) is 3. The summed E-state index contributed by atoms with van der Waals surface area (Å²) in [7, 11) is 0. The van der Waals surface area contributed by atoms with E-state index in [1.54, 1.807) is 0 Å². The lowest BCUT2D eigenvalue weighted by Gasteiger charge is -2.24. The van der Waals surface area contributed by atoms with Crippen LogP contribution < -0.4 is 10.2 Å². The fraction of sp³-hybridized carbons (Fsp3) is 0.312. The highest BCUT2D eigenvalue weighted by molar-refractivity contribution is 5.62. The van der Waals surface area contributed by atoms with Gasteiger partial charge in [-0.25, -0.2) is 4.98 Å². The Bertz CT molecular complexity index is 496. The van der Waals surface area contributed by atoms with Gasteiger partial charge in [0.15, 0.2) is 0 Å². The Hall–Kier alpha value is -1.87. The molecule has 0 amide bonds. The second kappa shape index (κ2) is 6.90. The van der Waals surface area contributed by atoms with Gasteiger partial charge in [-0.2, -0.15) is 0 Å². The lowest BCUT2D eigenvalue weighted by atomic mass is 10.2. The van der Waals surface area contributed by atoms with Crippen molar-refractivity contribution < 1.29 is 0 Å². The van der Waals surface area contributed by atoms with Crippen LogP contribution in [-0.2, 0) is 6.54 Å². The highest BCUT2D eigenvalue weighted by Crippen LogP contribution is 2.25.